The summed E-state index contributed by atoms with van der Waals surface area (Å²) in [7, 11) is 3.32. The Labute approximate surface area is 764 Å². The zero-order chi connectivity index (χ0) is 84.0. The van der Waals surface area contributed by atoms with E-state index in [0.717, 1.165) is 111 Å². The third-order valence-electron chi connectivity index (χ3n) is 29.1. The van der Waals surface area contributed by atoms with E-state index in [9.17, 15) is 19.8 Å². The molecule has 24 bridgehead atoms. The van der Waals surface area contributed by atoms with Gasteiger partial charge in [-0.1, -0.05) is 65.8 Å². The molecule has 0 aliphatic carbocycles. The zero-order valence-electron chi connectivity index (χ0n) is 71.4. The first-order valence-electron chi connectivity index (χ1n) is 44.8. The molecule has 2 aromatic rings. The minimum atomic E-state index is -0.847. The maximum absolute atomic E-state index is 14.2. The number of hydrogen-bond acceptors (Lipinski definition) is 26. The van der Waals surface area contributed by atoms with Crippen LogP contribution in [0.2, 0.25) is 0 Å². The summed E-state index contributed by atoms with van der Waals surface area (Å²) in [4.78, 5) is 44.6. The van der Waals surface area contributed by atoms with Crippen LogP contribution in [0.3, 0.4) is 0 Å². The number of aromatic nitrogens is 4. The number of aliphatic hydroxyl groups excluding tert-OH is 2. The standard InChI is InChI=1S/C43H60N2O11S.C41H57NO11.C3H4N2S.C2H6.CN.K/c1-21-13-26-5-7-30-22(2)14-28(49-30)9-10-43-19-35-38(55-43)39-40(54-35)41(56-43)37-31(53-39)8-6-27(51-37)15-24(46)16-29-33(18-32(50-26)23(21)3)52-34(36(29)48-4)17-25(47)20-57-42-44-11-12-45-42;1-20-12-25-6-8-29-21(2)13-27(46-29)10-11-41-18-34-37(52-41)38-39(51-34)40(53-41)36-30(50-38)9-7-26(48-36)14-23(43)15-28-32(17-31(47-25)22(20)3)49-33(35(28)45-5)16-24(44)19-42-4;6-3-4-1-2-5-3;2*1-2;/h11-12,21,25-41,47H,2-3,5-10,13-20H2,1,4H3,(H,44,45);20,24-40,44H,2-3,6-19H2,1,5H3;1-2H,(H2,4,5,6);1-2H3;;/q;;;;-1;+1. The van der Waals surface area contributed by atoms with E-state index < -0.39 is 42.1 Å². The molecule has 121 heavy (non-hydrogen) atoms. The molecule has 22 heterocycles. The Morgan fingerprint density at radius 3 is 1.36 bits per heavy atom. The van der Waals surface area contributed by atoms with Gasteiger partial charge in [-0.25, -0.2) is 11.6 Å². The number of ether oxygens (including phenoxy) is 18. The molecule has 20 aliphatic rings. The summed E-state index contributed by atoms with van der Waals surface area (Å²) >= 11 is 6.10. The van der Waals surface area contributed by atoms with E-state index >= 15 is 0 Å². The van der Waals surface area contributed by atoms with Gasteiger partial charge in [0.2, 0.25) is 6.54 Å². The Hall–Kier alpha value is -2.89. The van der Waals surface area contributed by atoms with E-state index in [2.05, 4.69) is 77.2 Å². The molecule has 0 amide bonds. The number of H-pyrrole nitrogens is 3. The van der Waals surface area contributed by atoms with Crippen LogP contribution in [0.15, 0.2) is 78.6 Å². The number of fused-ring (bicyclic) bond motifs is 12. The van der Waals surface area contributed by atoms with Crippen LogP contribution in [-0.2, 0) is 94.9 Å². The van der Waals surface area contributed by atoms with Crippen LogP contribution < -0.4 is 51.4 Å². The van der Waals surface area contributed by atoms with Gasteiger partial charge in [-0.2, -0.15) is 0 Å². The van der Waals surface area contributed by atoms with Gasteiger partial charge < -0.3 is 127 Å². The summed E-state index contributed by atoms with van der Waals surface area (Å²) in [5, 5.41) is 28.8. The first-order valence-corrected chi connectivity index (χ1v) is 46.1. The van der Waals surface area contributed by atoms with Gasteiger partial charge in [0.1, 0.15) is 78.7 Å². The number of methoxy groups -OCH3 is 2. The monoisotopic (exact) mass is 1750 g/mol. The van der Waals surface area contributed by atoms with Gasteiger partial charge in [-0.15, -0.1) is 0 Å². The molecule has 20 aliphatic heterocycles. The van der Waals surface area contributed by atoms with Crippen LogP contribution in [0.5, 0.6) is 0 Å². The summed E-state index contributed by atoms with van der Waals surface area (Å²) in [5.74, 6) is -0.890. The predicted octanol–water partition coefficient (Wildman–Crippen LogP) is 8.59. The molecule has 31 heteroatoms. The Bertz CT molecular complexity index is 3990. The van der Waals surface area contributed by atoms with Gasteiger partial charge in [0.25, 0.3) is 0 Å². The molecule has 2 spiro atoms. The van der Waals surface area contributed by atoms with E-state index in [1.165, 1.54) is 11.8 Å². The number of carbonyl (C=O) groups excluding carboxylic acids is 2. The fourth-order valence-corrected chi connectivity index (χ4v) is 24.3. The van der Waals surface area contributed by atoms with E-state index in [4.69, 9.17) is 104 Å². The molecule has 28 nitrogen and oxygen atoms in total. The number of ketones is 2. The van der Waals surface area contributed by atoms with Crippen LogP contribution in [0.25, 0.3) is 4.85 Å². The Morgan fingerprint density at radius 2 is 0.934 bits per heavy atom. The van der Waals surface area contributed by atoms with E-state index in [-0.39, 0.29) is 290 Å². The van der Waals surface area contributed by atoms with Crippen molar-refractivity contribution < 1.29 is 156 Å². The number of nitrogens with zero attached hydrogens (tertiary/aromatic N) is 3. The van der Waals surface area contributed by atoms with Crippen molar-refractivity contribution in [2.24, 2.45) is 23.7 Å². The third kappa shape index (κ3) is 20.2. The van der Waals surface area contributed by atoms with Crippen molar-refractivity contribution in [1.29, 1.82) is 5.26 Å². The molecule has 20 fully saturated rings. The van der Waals surface area contributed by atoms with Crippen LogP contribution in [0.4, 0.5) is 0 Å². The van der Waals surface area contributed by atoms with Crippen molar-refractivity contribution in [3.8, 4) is 0 Å². The summed E-state index contributed by atoms with van der Waals surface area (Å²) in [6, 6.07) is 0. The summed E-state index contributed by atoms with van der Waals surface area (Å²) < 4.78 is 121. The summed E-state index contributed by atoms with van der Waals surface area (Å²) in [6.45, 7) is 38.3. The average molecular weight is 1750 g/mol. The van der Waals surface area contributed by atoms with Gasteiger partial charge in [-0.05, 0) is 136 Å². The number of Topliss-reactive ketones (excluding diaryl/α,β-unsaturated/α-hetero) is 2. The molecule has 20 saturated heterocycles. The maximum atomic E-state index is 14.2. The third-order valence-corrected chi connectivity index (χ3v) is 30.4. The number of imidazole rings is 2. The minimum Gasteiger partial charge on any atom is -0.512 e. The van der Waals surface area contributed by atoms with Gasteiger partial charge in [0, 0.05) is 134 Å². The van der Waals surface area contributed by atoms with E-state index in [1.807, 2.05) is 13.8 Å². The molecule has 0 saturated carbocycles. The molecule has 2 aromatic heterocycles. The molecular weight excluding hydrogens is 1620 g/mol. The Balaban J connectivity index is 0.000000169. The second-order valence-electron chi connectivity index (χ2n) is 36.9. The van der Waals surface area contributed by atoms with Crippen LogP contribution in [0.1, 0.15) is 195 Å². The predicted molar refractivity (Wildman–Crippen MR) is 437 cm³/mol. The van der Waals surface area contributed by atoms with Gasteiger partial charge >= 0.3 is 51.4 Å². The molecule has 38 unspecified atom stereocenters. The first kappa shape index (κ1) is 92.8. The second kappa shape index (κ2) is 40.6. The topological polar surface area (TPSA) is 329 Å². The first-order chi connectivity index (χ1) is 58.1. The molecule has 38 atom stereocenters. The van der Waals surface area contributed by atoms with Crippen LogP contribution in [-0.4, -0.2) is 275 Å². The smallest absolute Gasteiger partial charge is 0.512 e. The molecule has 5 N–H and O–H groups in total. The Kier molecular flexibility index (Phi) is 31.2. The van der Waals surface area contributed by atoms with E-state index in [1.54, 1.807) is 39.0 Å². The number of hydrogen-bond donors (Lipinski definition) is 5. The van der Waals surface area contributed by atoms with Crippen molar-refractivity contribution in [2.45, 2.75) is 407 Å². The quantitative estimate of drug-likeness (QED) is 0.0488. The average Bonchev–Trinajstić information content (AvgIpc) is 1.55. The number of nitrogens with one attached hydrogen (secondary N) is 3. The number of aliphatic hydroxyl groups is 2. The summed E-state index contributed by atoms with van der Waals surface area (Å²) in [5.41, 5.74) is 4.37. The normalized spacial score (nSPS) is 46.0. The number of thioether (sulfide) groups is 1. The maximum Gasteiger partial charge on any atom is 1.00 e. The van der Waals surface area contributed by atoms with Gasteiger partial charge in [-0.3, -0.25) is 9.59 Å². The van der Waals surface area contributed by atoms with Crippen molar-refractivity contribution in [2.75, 3.05) is 26.5 Å². The largest absolute Gasteiger partial charge is 1.00 e. The van der Waals surface area contributed by atoms with Gasteiger partial charge in [0.05, 0.1) is 128 Å². The number of carbonyl (C=O) groups is 2. The van der Waals surface area contributed by atoms with E-state index in [0.29, 0.717) is 61.9 Å². The summed E-state index contributed by atoms with van der Waals surface area (Å²) in [6.07, 6.45) is 16.0. The van der Waals surface area contributed by atoms with Gasteiger partial charge in [0.15, 0.2) is 21.5 Å². The van der Waals surface area contributed by atoms with Crippen molar-refractivity contribution in [3.05, 3.63) is 96.2 Å². The van der Waals surface area contributed by atoms with Crippen molar-refractivity contribution in [3.63, 3.8) is 0 Å². The fraction of sp³-hybridized carbons (Fsp3) is 0.800. The molecule has 22 rings (SSSR count). The molecule has 0 aromatic carbocycles. The number of aromatic amines is 3. The van der Waals surface area contributed by atoms with Crippen molar-refractivity contribution in [1.82, 2.24) is 19.9 Å². The Morgan fingerprint density at radius 1 is 0.512 bits per heavy atom. The molecular formula is C90H127KN6O22S2. The zero-order valence-corrected chi connectivity index (χ0v) is 76.2. The molecule has 662 valence electrons. The fourth-order valence-electron chi connectivity index (χ4n) is 23.4. The van der Waals surface area contributed by atoms with Crippen LogP contribution >= 0.6 is 24.0 Å². The molecule has 0 radical (unpaired) electrons. The number of rotatable bonds is 10. The van der Waals surface area contributed by atoms with Crippen LogP contribution in [0, 0.1) is 46.8 Å². The minimum absolute atomic E-state index is 0. The SMILES string of the molecule is C=C1CC2CCC34CC5OC6C(OC7CCC(CC(=O)CC8C(CC9OC(CCC1O2)CC(C)C9=C)OC(CC(O)CSc1ncc[nH]1)C8OC)OC7C6O3)C5O4.CC.S=c1[nH]cc[nH]1.[C-]#N.[C-]#[N+]CC(O)CC1OC2CC3OC(CCC4OC(CCC56CC7OC8C(OC9CCC(CC(=O)CC2C1OC)OC9C8O5)C7O6)CC4=C)CC(C)C3=C.[K+]. The van der Waals surface area contributed by atoms with Crippen molar-refractivity contribution >= 4 is 35.5 Å². The second-order valence-corrected chi connectivity index (χ2v) is 38.3.